The smallest absolute Gasteiger partial charge is 0.314 e. The Bertz CT molecular complexity index is 775. The van der Waals surface area contributed by atoms with E-state index in [1.807, 2.05) is 37.3 Å². The molecule has 6 heteroatoms. The van der Waals surface area contributed by atoms with E-state index in [2.05, 4.69) is 0 Å². The lowest BCUT2D eigenvalue weighted by Crippen LogP contribution is -2.36. The summed E-state index contributed by atoms with van der Waals surface area (Å²) in [6, 6.07) is 13.4. The first-order chi connectivity index (χ1) is 11.4. The van der Waals surface area contributed by atoms with Crippen LogP contribution in [0.1, 0.15) is 18.4 Å². The predicted molar refractivity (Wildman–Crippen MR) is 95.8 cm³/mol. The minimum atomic E-state index is -0.572. The first kappa shape index (κ1) is 16.8. The second-order valence-electron chi connectivity index (χ2n) is 5.84. The Morgan fingerprint density at radius 1 is 1.00 bits per heavy atom. The van der Waals surface area contributed by atoms with Gasteiger partial charge < -0.3 is 4.90 Å². The molecule has 0 spiro atoms. The van der Waals surface area contributed by atoms with E-state index in [4.69, 9.17) is 23.2 Å². The van der Waals surface area contributed by atoms with Crippen LogP contribution in [0.25, 0.3) is 0 Å². The van der Waals surface area contributed by atoms with Gasteiger partial charge in [-0.15, -0.1) is 0 Å². The number of nitrogens with zero attached hydrogens (tertiary/aromatic N) is 2. The minimum absolute atomic E-state index is 0.132. The zero-order valence-corrected chi connectivity index (χ0v) is 14.8. The number of anilines is 1. The van der Waals surface area contributed by atoms with Gasteiger partial charge in [-0.25, -0.2) is 9.69 Å². The van der Waals surface area contributed by atoms with Crippen molar-refractivity contribution in [3.63, 3.8) is 0 Å². The average molecular weight is 363 g/mol. The number of likely N-dealkylation sites (N-methyl/N-ethyl adjacent to an activating group) is 1. The minimum Gasteiger partial charge on any atom is -0.314 e. The van der Waals surface area contributed by atoms with Crippen molar-refractivity contribution in [1.82, 2.24) is 4.90 Å². The van der Waals surface area contributed by atoms with Crippen LogP contribution < -0.4 is 4.90 Å². The van der Waals surface area contributed by atoms with E-state index in [9.17, 15) is 9.59 Å². The maximum atomic E-state index is 12.9. The Morgan fingerprint density at radius 2 is 1.58 bits per heavy atom. The second kappa shape index (κ2) is 6.46. The standard InChI is InChI=1S/C18H16Cl2N2O2/c1-11(12-6-4-3-5-7-12)16-17(23)22(18(24)21(16)2)15-9-13(19)8-14(20)10-15/h3-11,16H,1-2H3. The van der Waals surface area contributed by atoms with E-state index in [-0.39, 0.29) is 17.9 Å². The molecule has 0 bridgehead atoms. The largest absolute Gasteiger partial charge is 0.331 e. The molecule has 0 saturated carbocycles. The van der Waals surface area contributed by atoms with Gasteiger partial charge in [-0.05, 0) is 23.8 Å². The number of carbonyl (C=O) groups is 2. The highest BCUT2D eigenvalue weighted by molar-refractivity contribution is 6.35. The number of halogens is 2. The Labute approximate surface area is 150 Å². The first-order valence-electron chi connectivity index (χ1n) is 7.52. The van der Waals surface area contributed by atoms with Gasteiger partial charge in [-0.2, -0.15) is 0 Å². The van der Waals surface area contributed by atoms with Gasteiger partial charge in [0.15, 0.2) is 0 Å². The van der Waals surface area contributed by atoms with Crippen molar-refractivity contribution in [3.05, 3.63) is 64.1 Å². The zero-order valence-electron chi connectivity index (χ0n) is 13.2. The summed E-state index contributed by atoms with van der Waals surface area (Å²) in [7, 11) is 1.64. The summed E-state index contributed by atoms with van der Waals surface area (Å²) in [6.07, 6.45) is 0. The highest BCUT2D eigenvalue weighted by Gasteiger charge is 2.46. The second-order valence-corrected chi connectivity index (χ2v) is 6.71. The monoisotopic (exact) mass is 362 g/mol. The van der Waals surface area contributed by atoms with E-state index in [0.29, 0.717) is 15.7 Å². The van der Waals surface area contributed by atoms with Gasteiger partial charge in [0.2, 0.25) is 0 Å². The molecule has 3 amide bonds. The SMILES string of the molecule is CC(c1ccccc1)C1C(=O)N(c2cc(Cl)cc(Cl)c2)C(=O)N1C. The van der Waals surface area contributed by atoms with Crippen LogP contribution in [-0.2, 0) is 4.79 Å². The molecule has 1 aliphatic rings. The van der Waals surface area contributed by atoms with Crippen LogP contribution in [0.4, 0.5) is 10.5 Å². The maximum Gasteiger partial charge on any atom is 0.331 e. The van der Waals surface area contributed by atoms with E-state index in [0.717, 1.165) is 10.5 Å². The molecule has 24 heavy (non-hydrogen) atoms. The van der Waals surface area contributed by atoms with E-state index in [1.165, 1.54) is 4.90 Å². The molecule has 0 aromatic heterocycles. The van der Waals surface area contributed by atoms with Gasteiger partial charge in [0.1, 0.15) is 6.04 Å². The lowest BCUT2D eigenvalue weighted by molar-refractivity contribution is -0.120. The fourth-order valence-electron chi connectivity index (χ4n) is 3.06. The first-order valence-corrected chi connectivity index (χ1v) is 8.27. The molecular formula is C18H16Cl2N2O2. The molecule has 0 aliphatic carbocycles. The molecule has 2 atom stereocenters. The van der Waals surface area contributed by atoms with Crippen LogP contribution in [0.5, 0.6) is 0 Å². The third kappa shape index (κ3) is 2.87. The molecule has 0 radical (unpaired) electrons. The van der Waals surface area contributed by atoms with Crippen molar-refractivity contribution in [2.24, 2.45) is 0 Å². The van der Waals surface area contributed by atoms with Crippen LogP contribution >= 0.6 is 23.2 Å². The third-order valence-electron chi connectivity index (χ3n) is 4.29. The van der Waals surface area contributed by atoms with Gasteiger partial charge in [0.25, 0.3) is 5.91 Å². The third-order valence-corrected chi connectivity index (χ3v) is 4.72. The van der Waals surface area contributed by atoms with Crippen LogP contribution in [0, 0.1) is 0 Å². The van der Waals surface area contributed by atoms with Crippen LogP contribution in [-0.4, -0.2) is 29.9 Å². The predicted octanol–water partition coefficient (Wildman–Crippen LogP) is 4.56. The van der Waals surface area contributed by atoms with Crippen molar-refractivity contribution in [2.45, 2.75) is 18.9 Å². The molecule has 1 heterocycles. The molecule has 0 N–H and O–H groups in total. The Balaban J connectivity index is 1.97. The van der Waals surface area contributed by atoms with Gasteiger partial charge in [0, 0.05) is 23.0 Å². The Kier molecular flexibility index (Phi) is 4.52. The summed E-state index contributed by atoms with van der Waals surface area (Å²) in [5, 5.41) is 0.751. The number of urea groups is 1. The van der Waals surface area contributed by atoms with Crippen LogP contribution in [0.3, 0.4) is 0 Å². The van der Waals surface area contributed by atoms with Gasteiger partial charge in [-0.3, -0.25) is 4.79 Å². The number of rotatable bonds is 3. The molecule has 1 aliphatic heterocycles. The molecule has 124 valence electrons. The summed E-state index contributed by atoms with van der Waals surface area (Å²) in [5.41, 5.74) is 1.39. The fraction of sp³-hybridized carbons (Fsp3) is 0.222. The topological polar surface area (TPSA) is 40.6 Å². The number of imide groups is 1. The van der Waals surface area contributed by atoms with E-state index in [1.54, 1.807) is 25.2 Å². The van der Waals surface area contributed by atoms with E-state index >= 15 is 0 Å². The maximum absolute atomic E-state index is 12.9. The van der Waals surface area contributed by atoms with Crippen molar-refractivity contribution < 1.29 is 9.59 Å². The van der Waals surface area contributed by atoms with Gasteiger partial charge in [-0.1, -0.05) is 60.5 Å². The summed E-state index contributed by atoms with van der Waals surface area (Å²) in [6.45, 7) is 1.94. The van der Waals surface area contributed by atoms with Crippen LogP contribution in [0.2, 0.25) is 10.0 Å². The highest BCUT2D eigenvalue weighted by Crippen LogP contribution is 2.34. The molecule has 3 rings (SSSR count). The summed E-state index contributed by atoms with van der Waals surface area (Å²) in [4.78, 5) is 28.2. The molecule has 2 unspecified atom stereocenters. The van der Waals surface area contributed by atoms with Crippen LogP contribution in [0.15, 0.2) is 48.5 Å². The van der Waals surface area contributed by atoms with Gasteiger partial charge in [0.05, 0.1) is 5.69 Å². The molecular weight excluding hydrogens is 347 g/mol. The number of benzene rings is 2. The number of hydrogen-bond donors (Lipinski definition) is 0. The molecule has 2 aromatic rings. The number of carbonyl (C=O) groups excluding carboxylic acids is 2. The summed E-state index contributed by atoms with van der Waals surface area (Å²) >= 11 is 12.0. The molecule has 1 fully saturated rings. The normalized spacial score (nSPS) is 19.1. The van der Waals surface area contributed by atoms with Crippen molar-refractivity contribution >= 4 is 40.8 Å². The van der Waals surface area contributed by atoms with E-state index < -0.39 is 6.04 Å². The summed E-state index contributed by atoms with van der Waals surface area (Å²) in [5.74, 6) is -0.413. The fourth-order valence-corrected chi connectivity index (χ4v) is 3.58. The molecule has 2 aromatic carbocycles. The van der Waals surface area contributed by atoms with Crippen molar-refractivity contribution in [1.29, 1.82) is 0 Å². The summed E-state index contributed by atoms with van der Waals surface area (Å²) < 4.78 is 0. The Hall–Kier alpha value is -2.04. The zero-order chi connectivity index (χ0) is 17.4. The Morgan fingerprint density at radius 3 is 2.17 bits per heavy atom. The quantitative estimate of drug-likeness (QED) is 0.750. The van der Waals surface area contributed by atoms with Gasteiger partial charge >= 0.3 is 6.03 Å². The molecule has 4 nitrogen and oxygen atoms in total. The van der Waals surface area contributed by atoms with Crippen molar-refractivity contribution in [2.75, 3.05) is 11.9 Å². The molecule has 1 saturated heterocycles. The average Bonchev–Trinajstić information content (AvgIpc) is 2.76. The lowest BCUT2D eigenvalue weighted by Gasteiger charge is -2.23. The number of amides is 3. The van der Waals surface area contributed by atoms with Crippen molar-refractivity contribution in [3.8, 4) is 0 Å². The highest BCUT2D eigenvalue weighted by atomic mass is 35.5. The number of hydrogen-bond acceptors (Lipinski definition) is 2. The lowest BCUT2D eigenvalue weighted by atomic mass is 9.92.